The molecule has 1 saturated heterocycles. The van der Waals surface area contributed by atoms with Gasteiger partial charge in [0, 0.05) is 65.4 Å². The van der Waals surface area contributed by atoms with E-state index in [4.69, 9.17) is 0 Å². The second-order valence-electron chi connectivity index (χ2n) is 8.86. The molecule has 2 aromatic carbocycles. The van der Waals surface area contributed by atoms with Gasteiger partial charge in [0.05, 0.1) is 5.52 Å². The standard InChI is InChI=1S/C26H26F2N4O2S/c1-4-16-12-19-23-24(22(16)18-7-6-17(27)13-20(18)28)35-11-10-32(23)26(34)29-25(19)31-9-8-30(14-15(31)3)21(33)5-2/h5-7,12-13,15H,2,4,8-11,14H2,1,3H3. The minimum atomic E-state index is -0.627. The summed E-state index contributed by atoms with van der Waals surface area (Å²) in [5.41, 5.74) is 2.34. The van der Waals surface area contributed by atoms with Crippen LogP contribution in [-0.2, 0) is 17.8 Å². The molecule has 1 amide bonds. The van der Waals surface area contributed by atoms with Crippen LogP contribution in [0.25, 0.3) is 22.0 Å². The van der Waals surface area contributed by atoms with Crippen molar-refractivity contribution in [3.05, 3.63) is 64.6 Å². The van der Waals surface area contributed by atoms with Gasteiger partial charge in [0.15, 0.2) is 0 Å². The molecule has 0 N–H and O–H groups in total. The number of aryl methyl sites for hydroxylation is 2. The lowest BCUT2D eigenvalue weighted by Crippen LogP contribution is -2.54. The van der Waals surface area contributed by atoms with Gasteiger partial charge in [-0.05, 0) is 43.2 Å². The molecule has 9 heteroatoms. The van der Waals surface area contributed by atoms with Crippen LogP contribution in [0, 0.1) is 11.6 Å². The summed E-state index contributed by atoms with van der Waals surface area (Å²) >= 11 is 1.59. The van der Waals surface area contributed by atoms with Crippen LogP contribution in [0.2, 0.25) is 0 Å². The molecule has 2 aliphatic rings. The van der Waals surface area contributed by atoms with Crippen LogP contribution >= 0.6 is 11.8 Å². The molecule has 5 rings (SSSR count). The summed E-state index contributed by atoms with van der Waals surface area (Å²) < 4.78 is 30.3. The number of amides is 1. The van der Waals surface area contributed by atoms with E-state index in [1.54, 1.807) is 21.2 Å². The number of hydrogen-bond acceptors (Lipinski definition) is 5. The number of carbonyl (C=O) groups is 1. The first-order valence-corrected chi connectivity index (χ1v) is 12.7. The second-order valence-corrected chi connectivity index (χ2v) is 9.97. The van der Waals surface area contributed by atoms with Crippen LogP contribution in [0.5, 0.6) is 0 Å². The molecule has 0 aliphatic carbocycles. The van der Waals surface area contributed by atoms with Crippen molar-refractivity contribution in [1.29, 1.82) is 0 Å². The molecule has 0 spiro atoms. The van der Waals surface area contributed by atoms with Gasteiger partial charge in [-0.1, -0.05) is 13.5 Å². The molecule has 0 radical (unpaired) electrons. The molecule has 0 bridgehead atoms. The lowest BCUT2D eigenvalue weighted by Gasteiger charge is -2.41. The first-order chi connectivity index (χ1) is 16.8. The maximum atomic E-state index is 14.9. The summed E-state index contributed by atoms with van der Waals surface area (Å²) in [5.74, 6) is -0.120. The maximum absolute atomic E-state index is 14.9. The molecule has 2 aliphatic heterocycles. The molecule has 1 fully saturated rings. The SMILES string of the molecule is C=CC(=O)N1CCN(c2nc(=O)n3c4c(c(-c5ccc(F)cc5F)c(CC)cc24)SCC3)C(C)C1. The van der Waals surface area contributed by atoms with Gasteiger partial charge in [-0.15, -0.1) is 11.8 Å². The molecular weight excluding hydrogens is 470 g/mol. The number of piperazine rings is 1. The highest BCUT2D eigenvalue weighted by atomic mass is 32.2. The van der Waals surface area contributed by atoms with E-state index in [1.165, 1.54) is 18.2 Å². The number of nitrogens with zero attached hydrogens (tertiary/aromatic N) is 4. The zero-order chi connectivity index (χ0) is 24.9. The number of thioether (sulfide) groups is 1. The van der Waals surface area contributed by atoms with E-state index in [2.05, 4.69) is 16.5 Å². The lowest BCUT2D eigenvalue weighted by atomic mass is 9.94. The zero-order valence-electron chi connectivity index (χ0n) is 19.7. The smallest absolute Gasteiger partial charge is 0.350 e. The summed E-state index contributed by atoms with van der Waals surface area (Å²) in [7, 11) is 0. The van der Waals surface area contributed by atoms with Crippen LogP contribution in [-0.4, -0.2) is 51.8 Å². The Labute approximate surface area is 206 Å². The molecule has 0 saturated carbocycles. The molecule has 1 aromatic heterocycles. The van der Waals surface area contributed by atoms with Crippen molar-refractivity contribution in [2.45, 2.75) is 37.8 Å². The summed E-state index contributed by atoms with van der Waals surface area (Å²) in [4.78, 5) is 34.4. The first-order valence-electron chi connectivity index (χ1n) is 11.7. The Balaban J connectivity index is 1.74. The molecular formula is C26H26F2N4O2S. The average Bonchev–Trinajstić information content (AvgIpc) is 2.85. The Morgan fingerprint density at radius 3 is 2.74 bits per heavy atom. The Kier molecular flexibility index (Phi) is 6.13. The third-order valence-corrected chi connectivity index (χ3v) is 7.88. The number of aromatic nitrogens is 2. The number of benzene rings is 2. The largest absolute Gasteiger partial charge is 0.350 e. The summed E-state index contributed by atoms with van der Waals surface area (Å²) in [6.07, 6.45) is 1.95. The van der Waals surface area contributed by atoms with Crippen LogP contribution < -0.4 is 10.6 Å². The predicted molar refractivity (Wildman–Crippen MR) is 135 cm³/mol. The summed E-state index contributed by atoms with van der Waals surface area (Å²) in [6, 6.07) is 5.57. The predicted octanol–water partition coefficient (Wildman–Crippen LogP) is 4.23. The van der Waals surface area contributed by atoms with E-state index in [-0.39, 0.29) is 17.6 Å². The highest BCUT2D eigenvalue weighted by molar-refractivity contribution is 7.99. The number of halogens is 2. The fourth-order valence-corrected chi connectivity index (χ4v) is 6.34. The first kappa shape index (κ1) is 23.5. The van der Waals surface area contributed by atoms with Crippen molar-refractivity contribution in [2.75, 3.05) is 30.3 Å². The minimum Gasteiger partial charge on any atom is -0.350 e. The van der Waals surface area contributed by atoms with Crippen LogP contribution in [0.3, 0.4) is 0 Å². The van der Waals surface area contributed by atoms with E-state index in [1.807, 2.05) is 19.9 Å². The van der Waals surface area contributed by atoms with Crippen molar-refractivity contribution in [2.24, 2.45) is 0 Å². The summed E-state index contributed by atoms with van der Waals surface area (Å²) in [6.45, 7) is 9.62. The number of rotatable bonds is 4. The van der Waals surface area contributed by atoms with Crippen LogP contribution in [0.1, 0.15) is 19.4 Å². The Morgan fingerprint density at radius 1 is 1.26 bits per heavy atom. The average molecular weight is 497 g/mol. The van der Waals surface area contributed by atoms with Gasteiger partial charge in [-0.3, -0.25) is 9.36 Å². The van der Waals surface area contributed by atoms with E-state index in [9.17, 15) is 18.4 Å². The Morgan fingerprint density at radius 2 is 2.06 bits per heavy atom. The maximum Gasteiger partial charge on any atom is 0.350 e. The van der Waals surface area contributed by atoms with Gasteiger partial charge in [0.1, 0.15) is 17.5 Å². The zero-order valence-corrected chi connectivity index (χ0v) is 20.5. The van der Waals surface area contributed by atoms with Crippen LogP contribution in [0.15, 0.2) is 46.6 Å². The van der Waals surface area contributed by atoms with Gasteiger partial charge >= 0.3 is 5.69 Å². The molecule has 6 nitrogen and oxygen atoms in total. The van der Waals surface area contributed by atoms with Gasteiger partial charge in [0.25, 0.3) is 0 Å². The third-order valence-electron chi connectivity index (χ3n) is 6.81. The van der Waals surface area contributed by atoms with Gasteiger partial charge in [-0.2, -0.15) is 4.98 Å². The number of hydrogen-bond donors (Lipinski definition) is 0. The third kappa shape index (κ3) is 3.91. The highest BCUT2D eigenvalue weighted by Crippen LogP contribution is 2.45. The molecule has 3 aromatic rings. The Bertz CT molecular complexity index is 1420. The molecule has 182 valence electrons. The van der Waals surface area contributed by atoms with E-state index < -0.39 is 11.6 Å². The van der Waals surface area contributed by atoms with Crippen molar-refractivity contribution in [3.8, 4) is 11.1 Å². The molecule has 35 heavy (non-hydrogen) atoms. The summed E-state index contributed by atoms with van der Waals surface area (Å²) in [5, 5.41) is 0.838. The fraction of sp³-hybridized carbons (Fsp3) is 0.346. The molecule has 1 unspecified atom stereocenters. The van der Waals surface area contributed by atoms with Gasteiger partial charge < -0.3 is 9.80 Å². The monoisotopic (exact) mass is 496 g/mol. The quantitative estimate of drug-likeness (QED) is 0.506. The van der Waals surface area contributed by atoms with Crippen molar-refractivity contribution in [3.63, 3.8) is 0 Å². The van der Waals surface area contributed by atoms with Crippen molar-refractivity contribution in [1.82, 2.24) is 14.5 Å². The van der Waals surface area contributed by atoms with Crippen molar-refractivity contribution >= 4 is 34.4 Å². The normalized spacial score (nSPS) is 17.7. The van der Waals surface area contributed by atoms with E-state index >= 15 is 0 Å². The lowest BCUT2D eigenvalue weighted by molar-refractivity contribution is -0.126. The number of carbonyl (C=O) groups excluding carboxylic acids is 1. The topological polar surface area (TPSA) is 58.4 Å². The van der Waals surface area contributed by atoms with Gasteiger partial charge in [0.2, 0.25) is 5.91 Å². The Hall–Kier alpha value is -3.20. The van der Waals surface area contributed by atoms with Crippen molar-refractivity contribution < 1.29 is 13.6 Å². The van der Waals surface area contributed by atoms with Gasteiger partial charge in [-0.25, -0.2) is 13.6 Å². The van der Waals surface area contributed by atoms with Crippen LogP contribution in [0.4, 0.5) is 14.6 Å². The minimum absolute atomic E-state index is 0.0584. The second kappa shape index (κ2) is 9.11. The molecule has 1 atom stereocenters. The van der Waals surface area contributed by atoms with E-state index in [0.29, 0.717) is 55.3 Å². The highest BCUT2D eigenvalue weighted by Gasteiger charge is 2.31. The van der Waals surface area contributed by atoms with E-state index in [0.717, 1.165) is 27.4 Å². The number of anilines is 1. The molecule has 3 heterocycles. The fourth-order valence-electron chi connectivity index (χ4n) is 5.12.